The topological polar surface area (TPSA) is 39.0 Å². The van der Waals surface area contributed by atoms with Gasteiger partial charge in [-0.15, -0.1) is 11.3 Å². The van der Waals surface area contributed by atoms with Gasteiger partial charge in [0.15, 0.2) is 4.96 Å². The van der Waals surface area contributed by atoms with Crippen molar-refractivity contribution in [3.63, 3.8) is 0 Å². The summed E-state index contributed by atoms with van der Waals surface area (Å²) in [5.74, 6) is 1.85. The third kappa shape index (κ3) is 3.12. The average molecular weight is 357 g/mol. The van der Waals surface area contributed by atoms with E-state index in [1.807, 2.05) is 12.1 Å². The summed E-state index contributed by atoms with van der Waals surface area (Å²) in [4.78, 5) is 8.19. The van der Waals surface area contributed by atoms with Gasteiger partial charge in [0.1, 0.15) is 17.6 Å². The molecule has 0 radical (unpaired) electrons. The summed E-state index contributed by atoms with van der Waals surface area (Å²) < 4.78 is 13.8. The number of aryl methyl sites for hydroxylation is 1. The van der Waals surface area contributed by atoms with Crippen LogP contribution in [0.15, 0.2) is 29.8 Å². The van der Waals surface area contributed by atoms with Crippen LogP contribution in [0.2, 0.25) is 0 Å². The van der Waals surface area contributed by atoms with Crippen LogP contribution in [0.25, 0.3) is 4.96 Å². The van der Waals surface area contributed by atoms with E-state index in [0.717, 1.165) is 48.2 Å². The van der Waals surface area contributed by atoms with Gasteiger partial charge in [-0.3, -0.25) is 9.30 Å². The summed E-state index contributed by atoms with van der Waals surface area (Å²) in [6.45, 7) is 6.89. The largest absolute Gasteiger partial charge is 0.497 e. The monoisotopic (exact) mass is 357 g/mol. The second-order valence-corrected chi connectivity index (χ2v) is 7.36. The first-order chi connectivity index (χ1) is 12.2. The van der Waals surface area contributed by atoms with Crippen molar-refractivity contribution in [3.8, 4) is 11.5 Å². The van der Waals surface area contributed by atoms with Crippen molar-refractivity contribution in [3.05, 3.63) is 46.7 Å². The molecule has 1 atom stereocenters. The molecule has 0 saturated heterocycles. The van der Waals surface area contributed by atoms with Crippen LogP contribution in [0.5, 0.6) is 11.5 Å². The van der Waals surface area contributed by atoms with Crippen molar-refractivity contribution in [1.82, 2.24) is 14.3 Å². The number of aromatic nitrogens is 2. The molecule has 1 aliphatic heterocycles. The second kappa shape index (κ2) is 6.69. The number of hydrogen-bond acceptors (Lipinski definition) is 5. The van der Waals surface area contributed by atoms with Crippen LogP contribution in [0.4, 0.5) is 0 Å². The molecule has 4 rings (SSSR count). The number of thiazole rings is 1. The first-order valence-electron chi connectivity index (χ1n) is 8.65. The Kier molecular flexibility index (Phi) is 4.39. The molecule has 0 bridgehead atoms. The third-order valence-electron chi connectivity index (χ3n) is 4.81. The fraction of sp³-hybridized carbons (Fsp3) is 0.421. The van der Waals surface area contributed by atoms with Gasteiger partial charge < -0.3 is 9.47 Å². The Bertz CT molecular complexity index is 886. The predicted molar refractivity (Wildman–Crippen MR) is 99.6 cm³/mol. The average Bonchev–Trinajstić information content (AvgIpc) is 3.11. The van der Waals surface area contributed by atoms with E-state index in [1.54, 1.807) is 18.4 Å². The number of hydrogen-bond donors (Lipinski definition) is 0. The molecule has 0 saturated carbocycles. The van der Waals surface area contributed by atoms with Crippen LogP contribution >= 0.6 is 11.3 Å². The first-order valence-corrected chi connectivity index (χ1v) is 9.53. The molecule has 0 N–H and O–H groups in total. The summed E-state index contributed by atoms with van der Waals surface area (Å²) in [6.07, 6.45) is 3.29. The molecule has 0 fully saturated rings. The maximum atomic E-state index is 6.24. The maximum absolute atomic E-state index is 6.24. The van der Waals surface area contributed by atoms with Gasteiger partial charge in [-0.2, -0.15) is 0 Å². The Balaban J connectivity index is 1.66. The highest BCUT2D eigenvalue weighted by Gasteiger charge is 2.24. The lowest BCUT2D eigenvalue weighted by Gasteiger charge is -2.23. The van der Waals surface area contributed by atoms with Crippen LogP contribution in [-0.2, 0) is 13.1 Å². The maximum Gasteiger partial charge on any atom is 0.194 e. The normalized spacial score (nSPS) is 18.0. The molecule has 132 valence electrons. The summed E-state index contributed by atoms with van der Waals surface area (Å²) in [5, 5.41) is 2.09. The quantitative estimate of drug-likeness (QED) is 0.710. The summed E-state index contributed by atoms with van der Waals surface area (Å²) in [6, 6.07) is 6.09. The lowest BCUT2D eigenvalue weighted by atomic mass is 10.1. The molecule has 0 aliphatic carbocycles. The van der Waals surface area contributed by atoms with Gasteiger partial charge in [0.25, 0.3) is 0 Å². The summed E-state index contributed by atoms with van der Waals surface area (Å²) >= 11 is 1.68. The lowest BCUT2D eigenvalue weighted by Crippen LogP contribution is -2.32. The van der Waals surface area contributed by atoms with E-state index in [4.69, 9.17) is 9.47 Å². The fourth-order valence-corrected chi connectivity index (χ4v) is 4.19. The Morgan fingerprint density at radius 1 is 1.40 bits per heavy atom. The van der Waals surface area contributed by atoms with Gasteiger partial charge in [-0.25, -0.2) is 4.98 Å². The van der Waals surface area contributed by atoms with Gasteiger partial charge in [-0.05, 0) is 31.5 Å². The minimum atomic E-state index is 0.195. The number of fused-ring (bicyclic) bond motifs is 2. The van der Waals surface area contributed by atoms with Crippen LogP contribution in [0, 0.1) is 6.92 Å². The molecule has 1 aliphatic rings. The number of methoxy groups -OCH3 is 1. The Morgan fingerprint density at radius 3 is 3.08 bits per heavy atom. The molecule has 5 nitrogen and oxygen atoms in total. The van der Waals surface area contributed by atoms with Gasteiger partial charge in [-0.1, -0.05) is 6.92 Å². The van der Waals surface area contributed by atoms with Crippen molar-refractivity contribution >= 4 is 16.3 Å². The number of imidazole rings is 1. The Hall–Kier alpha value is -2.05. The molecule has 3 heterocycles. The summed E-state index contributed by atoms with van der Waals surface area (Å²) in [7, 11) is 1.70. The molecule has 2 aromatic heterocycles. The van der Waals surface area contributed by atoms with Gasteiger partial charge >= 0.3 is 0 Å². The van der Waals surface area contributed by atoms with Crippen LogP contribution in [0.1, 0.15) is 30.3 Å². The van der Waals surface area contributed by atoms with E-state index in [1.165, 1.54) is 11.3 Å². The van der Waals surface area contributed by atoms with Crippen LogP contribution < -0.4 is 9.47 Å². The standard InChI is InChI=1S/C19H23N3O2S/c1-4-15-11-21(10-14-9-16(23-3)5-6-18(14)24-15)12-17-13(2)20-19-22(17)7-8-25-19/h5-9,15H,4,10-12H2,1-3H3. The lowest BCUT2D eigenvalue weighted by molar-refractivity contribution is 0.138. The zero-order valence-electron chi connectivity index (χ0n) is 14.9. The first kappa shape index (κ1) is 16.4. The molecule has 25 heavy (non-hydrogen) atoms. The SMILES string of the molecule is CCC1CN(Cc2c(C)nc3sccn23)Cc2cc(OC)ccc2O1. The third-order valence-corrected chi connectivity index (χ3v) is 5.56. The van der Waals surface area contributed by atoms with E-state index in [-0.39, 0.29) is 6.10 Å². The van der Waals surface area contributed by atoms with E-state index in [0.29, 0.717) is 0 Å². The van der Waals surface area contributed by atoms with E-state index in [2.05, 4.69) is 45.8 Å². The number of benzene rings is 1. The molecule has 0 spiro atoms. The van der Waals surface area contributed by atoms with E-state index in [9.17, 15) is 0 Å². The minimum Gasteiger partial charge on any atom is -0.497 e. The Morgan fingerprint density at radius 2 is 2.28 bits per heavy atom. The second-order valence-electron chi connectivity index (χ2n) is 6.49. The molecule has 0 amide bonds. The molecule has 3 aromatic rings. The highest BCUT2D eigenvalue weighted by molar-refractivity contribution is 7.15. The smallest absolute Gasteiger partial charge is 0.194 e. The van der Waals surface area contributed by atoms with Crippen molar-refractivity contribution in [2.45, 2.75) is 39.5 Å². The molecule has 6 heteroatoms. The van der Waals surface area contributed by atoms with Gasteiger partial charge in [0.2, 0.25) is 0 Å². The van der Waals surface area contributed by atoms with E-state index >= 15 is 0 Å². The molecular weight excluding hydrogens is 334 g/mol. The van der Waals surface area contributed by atoms with Crippen molar-refractivity contribution in [2.24, 2.45) is 0 Å². The zero-order valence-corrected chi connectivity index (χ0v) is 15.7. The Labute approximate surface area is 151 Å². The predicted octanol–water partition coefficient (Wildman–Crippen LogP) is 3.89. The minimum absolute atomic E-state index is 0.195. The molecular formula is C19H23N3O2S. The number of nitrogens with zero attached hydrogens (tertiary/aromatic N) is 3. The summed E-state index contributed by atoms with van der Waals surface area (Å²) in [5.41, 5.74) is 3.55. The van der Waals surface area contributed by atoms with Crippen molar-refractivity contribution in [1.29, 1.82) is 0 Å². The molecule has 1 aromatic carbocycles. The van der Waals surface area contributed by atoms with E-state index < -0.39 is 0 Å². The van der Waals surface area contributed by atoms with Crippen molar-refractivity contribution in [2.75, 3.05) is 13.7 Å². The van der Waals surface area contributed by atoms with Gasteiger partial charge in [0, 0.05) is 36.8 Å². The number of rotatable bonds is 4. The highest BCUT2D eigenvalue weighted by atomic mass is 32.1. The fourth-order valence-electron chi connectivity index (χ4n) is 3.41. The van der Waals surface area contributed by atoms with Crippen LogP contribution in [0.3, 0.4) is 0 Å². The molecule has 1 unspecified atom stereocenters. The van der Waals surface area contributed by atoms with Crippen molar-refractivity contribution < 1.29 is 9.47 Å². The van der Waals surface area contributed by atoms with Gasteiger partial charge in [0.05, 0.1) is 18.5 Å². The van der Waals surface area contributed by atoms with Crippen LogP contribution in [-0.4, -0.2) is 34.0 Å². The zero-order chi connectivity index (χ0) is 17.4. The highest BCUT2D eigenvalue weighted by Crippen LogP contribution is 2.30. The number of ether oxygens (including phenoxy) is 2.